The minimum atomic E-state index is -0.416. The first kappa shape index (κ1) is 32.7. The Morgan fingerprint density at radius 2 is 0.741 bits per heavy atom. The van der Waals surface area contributed by atoms with Crippen molar-refractivity contribution in [3.8, 4) is 44.5 Å². The van der Waals surface area contributed by atoms with Crippen LogP contribution in [-0.4, -0.2) is 0 Å². The number of fused-ring (bicyclic) bond motifs is 13. The van der Waals surface area contributed by atoms with Gasteiger partial charge in [-0.15, -0.1) is 0 Å². The van der Waals surface area contributed by atoms with Crippen LogP contribution in [0.3, 0.4) is 0 Å². The van der Waals surface area contributed by atoms with Crippen LogP contribution in [0.2, 0.25) is 0 Å². The maximum atomic E-state index is 2.48. The lowest BCUT2D eigenvalue weighted by Gasteiger charge is -2.32. The van der Waals surface area contributed by atoms with Gasteiger partial charge in [-0.3, -0.25) is 0 Å². The zero-order chi connectivity index (χ0) is 38.2. The fourth-order valence-electron chi connectivity index (χ4n) is 10.2. The molecule has 0 atom stereocenters. The summed E-state index contributed by atoms with van der Waals surface area (Å²) < 4.78 is 0. The lowest BCUT2D eigenvalue weighted by molar-refractivity contribution is 0.793. The SMILES string of the molecule is c1ccc(-c2ccc(N(c3ccc(-c4cccc5c4ccc4ccccc45)cc3)c3ccc4c(c3)C3(c5ccccc5-c5ccccc53)c3ccccc3-4)cc2)cc1. The van der Waals surface area contributed by atoms with Gasteiger partial charge in [-0.05, 0) is 125 Å². The van der Waals surface area contributed by atoms with E-state index in [9.17, 15) is 0 Å². The fourth-order valence-corrected chi connectivity index (χ4v) is 10.2. The Labute approximate surface area is 338 Å². The first-order chi connectivity index (χ1) is 28.8. The summed E-state index contributed by atoms with van der Waals surface area (Å²) in [5.74, 6) is 0. The van der Waals surface area contributed by atoms with E-state index < -0.39 is 5.41 Å². The second kappa shape index (κ2) is 12.8. The van der Waals surface area contributed by atoms with E-state index in [0.717, 1.165) is 17.1 Å². The van der Waals surface area contributed by atoms with Crippen molar-refractivity contribution < 1.29 is 0 Å². The second-order valence-corrected chi connectivity index (χ2v) is 15.6. The molecular formula is C57H37N. The average Bonchev–Trinajstić information content (AvgIpc) is 3.77. The molecule has 12 rings (SSSR count). The smallest absolute Gasteiger partial charge is 0.0726 e. The summed E-state index contributed by atoms with van der Waals surface area (Å²) in [5.41, 5.74) is 18.4. The van der Waals surface area contributed by atoms with Crippen molar-refractivity contribution in [2.45, 2.75) is 5.41 Å². The average molecular weight is 736 g/mol. The summed E-state index contributed by atoms with van der Waals surface area (Å²) in [5, 5.41) is 5.10. The normalized spacial score (nSPS) is 13.0. The van der Waals surface area contributed by atoms with Crippen LogP contribution >= 0.6 is 0 Å². The van der Waals surface area contributed by atoms with Crippen LogP contribution in [0.5, 0.6) is 0 Å². The van der Waals surface area contributed by atoms with E-state index >= 15 is 0 Å². The Kier molecular flexibility index (Phi) is 7.21. The van der Waals surface area contributed by atoms with E-state index in [4.69, 9.17) is 0 Å². The highest BCUT2D eigenvalue weighted by atomic mass is 15.1. The fraction of sp³-hybridized carbons (Fsp3) is 0.0175. The van der Waals surface area contributed by atoms with Gasteiger partial charge in [-0.2, -0.15) is 0 Å². The molecule has 58 heavy (non-hydrogen) atoms. The predicted octanol–water partition coefficient (Wildman–Crippen LogP) is 15.1. The molecule has 0 aliphatic heterocycles. The molecule has 0 heterocycles. The Hall–Kier alpha value is -7.48. The molecular weight excluding hydrogens is 699 g/mol. The van der Waals surface area contributed by atoms with Crippen molar-refractivity contribution >= 4 is 38.6 Å². The van der Waals surface area contributed by atoms with Crippen molar-refractivity contribution in [1.82, 2.24) is 0 Å². The predicted molar refractivity (Wildman–Crippen MR) is 243 cm³/mol. The summed E-state index contributed by atoms with van der Waals surface area (Å²) in [4.78, 5) is 2.43. The molecule has 10 aromatic carbocycles. The molecule has 1 nitrogen and oxygen atoms in total. The minimum Gasteiger partial charge on any atom is -0.310 e. The molecule has 0 bridgehead atoms. The van der Waals surface area contributed by atoms with Gasteiger partial charge in [0.1, 0.15) is 0 Å². The summed E-state index contributed by atoms with van der Waals surface area (Å²) in [7, 11) is 0. The zero-order valence-corrected chi connectivity index (χ0v) is 31.8. The zero-order valence-electron chi connectivity index (χ0n) is 31.8. The van der Waals surface area contributed by atoms with Gasteiger partial charge in [-0.25, -0.2) is 0 Å². The third-order valence-corrected chi connectivity index (χ3v) is 12.7. The summed E-state index contributed by atoms with van der Waals surface area (Å²) in [6, 6.07) is 83.0. The number of benzene rings is 10. The van der Waals surface area contributed by atoms with Crippen LogP contribution in [-0.2, 0) is 5.41 Å². The molecule has 2 aliphatic rings. The molecule has 2 aliphatic carbocycles. The topological polar surface area (TPSA) is 3.24 Å². The third-order valence-electron chi connectivity index (χ3n) is 12.7. The van der Waals surface area contributed by atoms with E-state index in [1.807, 2.05) is 0 Å². The molecule has 0 aromatic heterocycles. The molecule has 0 radical (unpaired) electrons. The van der Waals surface area contributed by atoms with E-state index in [1.54, 1.807) is 0 Å². The molecule has 270 valence electrons. The van der Waals surface area contributed by atoms with Crippen molar-refractivity contribution in [1.29, 1.82) is 0 Å². The molecule has 1 heteroatoms. The van der Waals surface area contributed by atoms with Crippen LogP contribution in [0.25, 0.3) is 66.1 Å². The summed E-state index contributed by atoms with van der Waals surface area (Å²) in [6.45, 7) is 0. The van der Waals surface area contributed by atoms with Gasteiger partial charge in [0.25, 0.3) is 0 Å². The Balaban J connectivity index is 1.04. The Bertz CT molecular complexity index is 3150. The van der Waals surface area contributed by atoms with Crippen LogP contribution < -0.4 is 4.90 Å². The van der Waals surface area contributed by atoms with Crippen molar-refractivity contribution in [3.05, 3.63) is 247 Å². The van der Waals surface area contributed by atoms with Gasteiger partial charge < -0.3 is 4.90 Å². The van der Waals surface area contributed by atoms with Crippen LogP contribution in [0.4, 0.5) is 17.1 Å². The molecule has 10 aromatic rings. The number of nitrogens with zero attached hydrogens (tertiary/aromatic N) is 1. The second-order valence-electron chi connectivity index (χ2n) is 15.6. The van der Waals surface area contributed by atoms with Gasteiger partial charge in [0.15, 0.2) is 0 Å². The van der Waals surface area contributed by atoms with Crippen LogP contribution in [0, 0.1) is 0 Å². The van der Waals surface area contributed by atoms with E-state index in [1.165, 1.54) is 88.3 Å². The highest BCUT2D eigenvalue weighted by Gasteiger charge is 2.51. The van der Waals surface area contributed by atoms with E-state index in [0.29, 0.717) is 0 Å². The lowest BCUT2D eigenvalue weighted by atomic mass is 9.70. The van der Waals surface area contributed by atoms with Crippen molar-refractivity contribution in [2.75, 3.05) is 4.90 Å². The largest absolute Gasteiger partial charge is 0.310 e. The van der Waals surface area contributed by atoms with Crippen LogP contribution in [0.15, 0.2) is 224 Å². The molecule has 1 spiro atoms. The summed E-state index contributed by atoms with van der Waals surface area (Å²) in [6.07, 6.45) is 0. The van der Waals surface area contributed by atoms with Gasteiger partial charge in [0, 0.05) is 17.1 Å². The minimum absolute atomic E-state index is 0.416. The standard InChI is InChI=1S/C57H37N/c1-2-13-38(14-3-1)39-25-30-42(31-26-39)58(43-32-27-41(28-33-43)46-20-12-21-47-45-16-5-4-15-40(45)29-35-48(46)47)44-34-36-52-51-19-8-11-24-55(51)57(56(52)37-44)53-22-9-6-17-49(53)50-18-7-10-23-54(50)57/h1-37H. The van der Waals surface area contributed by atoms with Gasteiger partial charge in [0.05, 0.1) is 5.41 Å². The molecule has 0 fully saturated rings. The monoisotopic (exact) mass is 735 g/mol. The molecule has 0 amide bonds. The van der Waals surface area contributed by atoms with Gasteiger partial charge in [0.2, 0.25) is 0 Å². The van der Waals surface area contributed by atoms with Gasteiger partial charge >= 0.3 is 0 Å². The highest BCUT2D eigenvalue weighted by Crippen LogP contribution is 2.63. The number of rotatable bonds is 5. The number of hydrogen-bond donors (Lipinski definition) is 0. The number of anilines is 3. The first-order valence-corrected chi connectivity index (χ1v) is 20.2. The van der Waals surface area contributed by atoms with Crippen LogP contribution in [0.1, 0.15) is 22.3 Å². The maximum absolute atomic E-state index is 2.48. The van der Waals surface area contributed by atoms with E-state index in [-0.39, 0.29) is 0 Å². The molecule has 0 saturated carbocycles. The van der Waals surface area contributed by atoms with Crippen molar-refractivity contribution in [3.63, 3.8) is 0 Å². The van der Waals surface area contributed by atoms with Gasteiger partial charge in [-0.1, -0.05) is 188 Å². The molecule has 0 unspecified atom stereocenters. The quantitative estimate of drug-likeness (QED) is 0.159. The Morgan fingerprint density at radius 1 is 0.259 bits per heavy atom. The number of hydrogen-bond acceptors (Lipinski definition) is 1. The molecule has 0 N–H and O–H groups in total. The molecule has 0 saturated heterocycles. The van der Waals surface area contributed by atoms with Crippen molar-refractivity contribution in [2.24, 2.45) is 0 Å². The summed E-state index contributed by atoms with van der Waals surface area (Å²) >= 11 is 0. The third kappa shape index (κ3) is 4.71. The first-order valence-electron chi connectivity index (χ1n) is 20.2. The lowest BCUT2D eigenvalue weighted by Crippen LogP contribution is -2.26. The highest BCUT2D eigenvalue weighted by molar-refractivity contribution is 6.12. The Morgan fingerprint density at radius 3 is 1.40 bits per heavy atom. The maximum Gasteiger partial charge on any atom is 0.0726 e. The van der Waals surface area contributed by atoms with E-state index in [2.05, 4.69) is 229 Å².